The molecule has 1 aliphatic heterocycles. The lowest BCUT2D eigenvalue weighted by atomic mass is 10.1. The maximum Gasteiger partial charge on any atom is 0.236 e. The molecule has 1 amide bonds. The third-order valence-electron chi connectivity index (χ3n) is 5.57. The Bertz CT molecular complexity index is 584. The van der Waals surface area contributed by atoms with Gasteiger partial charge in [0.15, 0.2) is 0 Å². The zero-order valence-electron chi connectivity index (χ0n) is 15.5. The number of amides is 1. The van der Waals surface area contributed by atoms with Gasteiger partial charge in [-0.25, -0.2) is 0 Å². The molecule has 3 rings (SSSR count). The monoisotopic (exact) mass is 345 g/mol. The smallest absolute Gasteiger partial charge is 0.236 e. The van der Waals surface area contributed by atoms with Gasteiger partial charge in [0.1, 0.15) is 0 Å². The van der Waals surface area contributed by atoms with Gasteiger partial charge in [-0.1, -0.05) is 18.6 Å². The molecule has 1 aromatic carbocycles. The fourth-order valence-corrected chi connectivity index (χ4v) is 4.06. The molecule has 2 atom stereocenters. The summed E-state index contributed by atoms with van der Waals surface area (Å²) in [7, 11) is 1.99. The first-order valence-corrected chi connectivity index (χ1v) is 9.49. The van der Waals surface area contributed by atoms with Gasteiger partial charge in [0.25, 0.3) is 0 Å². The normalized spacial score (nSPS) is 24.2. The van der Waals surface area contributed by atoms with Crippen LogP contribution >= 0.6 is 0 Å². The molecular formula is C20H31N3O2. The van der Waals surface area contributed by atoms with E-state index in [1.54, 1.807) is 0 Å². The maximum atomic E-state index is 12.6. The number of rotatable bonds is 5. The molecule has 2 aliphatic rings. The lowest BCUT2D eigenvalue weighted by Crippen LogP contribution is -2.51. The average Bonchev–Trinajstić information content (AvgIpc) is 2.99. The molecule has 1 saturated heterocycles. The van der Waals surface area contributed by atoms with Crippen molar-refractivity contribution in [3.63, 3.8) is 0 Å². The molecule has 138 valence electrons. The SMILES string of the molecule is Cc1cccc(N2CCN(C(=O)CN(C)CC3CCCC3O)CC2)c1. The van der Waals surface area contributed by atoms with Crippen LogP contribution in [-0.2, 0) is 4.79 Å². The second kappa shape index (κ2) is 8.19. The number of likely N-dealkylation sites (N-methyl/N-ethyl adjacent to an activating group) is 1. The topological polar surface area (TPSA) is 47.0 Å². The lowest BCUT2D eigenvalue weighted by Gasteiger charge is -2.37. The van der Waals surface area contributed by atoms with Gasteiger partial charge in [0, 0.05) is 38.4 Å². The fraction of sp³-hybridized carbons (Fsp3) is 0.650. The summed E-state index contributed by atoms with van der Waals surface area (Å²) in [4.78, 5) is 19.0. The van der Waals surface area contributed by atoms with E-state index < -0.39 is 0 Å². The predicted molar refractivity (Wildman–Crippen MR) is 101 cm³/mol. The number of carbonyl (C=O) groups excluding carboxylic acids is 1. The van der Waals surface area contributed by atoms with Crippen LogP contribution in [0.2, 0.25) is 0 Å². The van der Waals surface area contributed by atoms with E-state index in [0.717, 1.165) is 52.0 Å². The van der Waals surface area contributed by atoms with Gasteiger partial charge < -0.3 is 14.9 Å². The molecule has 0 aromatic heterocycles. The molecule has 5 heteroatoms. The Balaban J connectivity index is 1.45. The highest BCUT2D eigenvalue weighted by Crippen LogP contribution is 2.26. The number of anilines is 1. The van der Waals surface area contributed by atoms with E-state index in [9.17, 15) is 9.90 Å². The second-order valence-corrected chi connectivity index (χ2v) is 7.66. The molecule has 25 heavy (non-hydrogen) atoms. The number of carbonyl (C=O) groups is 1. The van der Waals surface area contributed by atoms with Crippen molar-refractivity contribution in [2.45, 2.75) is 32.3 Å². The van der Waals surface area contributed by atoms with Gasteiger partial charge in [-0.3, -0.25) is 9.69 Å². The fourth-order valence-electron chi connectivity index (χ4n) is 4.06. The van der Waals surface area contributed by atoms with Gasteiger partial charge in [0.2, 0.25) is 5.91 Å². The molecule has 1 aromatic rings. The van der Waals surface area contributed by atoms with Gasteiger partial charge in [-0.2, -0.15) is 0 Å². The zero-order chi connectivity index (χ0) is 17.8. The van der Waals surface area contributed by atoms with E-state index in [1.165, 1.54) is 11.3 Å². The number of aliphatic hydroxyl groups is 1. The molecule has 2 fully saturated rings. The molecule has 1 aliphatic carbocycles. The van der Waals surface area contributed by atoms with Crippen LogP contribution in [0.5, 0.6) is 0 Å². The summed E-state index contributed by atoms with van der Waals surface area (Å²) in [6.07, 6.45) is 2.91. The zero-order valence-corrected chi connectivity index (χ0v) is 15.5. The first-order valence-electron chi connectivity index (χ1n) is 9.49. The Morgan fingerprint density at radius 1 is 1.24 bits per heavy atom. The van der Waals surface area contributed by atoms with Crippen LogP contribution in [0.15, 0.2) is 24.3 Å². The summed E-state index contributed by atoms with van der Waals surface area (Å²) in [6.45, 7) is 6.73. The molecule has 1 N–H and O–H groups in total. The molecular weight excluding hydrogens is 314 g/mol. The number of nitrogens with zero attached hydrogens (tertiary/aromatic N) is 3. The summed E-state index contributed by atoms with van der Waals surface area (Å²) < 4.78 is 0. The molecule has 0 radical (unpaired) electrons. The third-order valence-corrected chi connectivity index (χ3v) is 5.57. The summed E-state index contributed by atoms with van der Waals surface area (Å²) in [5.74, 6) is 0.537. The van der Waals surface area contributed by atoms with Crippen molar-refractivity contribution in [1.29, 1.82) is 0 Å². The largest absolute Gasteiger partial charge is 0.393 e. The van der Waals surface area contributed by atoms with Crippen LogP contribution < -0.4 is 4.90 Å². The van der Waals surface area contributed by atoms with E-state index >= 15 is 0 Å². The highest BCUT2D eigenvalue weighted by molar-refractivity contribution is 5.78. The first kappa shape index (κ1) is 18.2. The number of aryl methyl sites for hydroxylation is 1. The van der Waals surface area contributed by atoms with Crippen LogP contribution in [-0.4, -0.2) is 73.2 Å². The van der Waals surface area contributed by atoms with E-state index in [2.05, 4.69) is 41.0 Å². The third kappa shape index (κ3) is 4.73. The van der Waals surface area contributed by atoms with Gasteiger partial charge >= 0.3 is 0 Å². The van der Waals surface area contributed by atoms with Crippen molar-refractivity contribution in [1.82, 2.24) is 9.80 Å². The van der Waals surface area contributed by atoms with Crippen LogP contribution in [0.25, 0.3) is 0 Å². The van der Waals surface area contributed by atoms with Crippen molar-refractivity contribution >= 4 is 11.6 Å². The Kier molecular flexibility index (Phi) is 5.97. The van der Waals surface area contributed by atoms with Crippen molar-refractivity contribution in [3.8, 4) is 0 Å². The van der Waals surface area contributed by atoms with Crippen molar-refractivity contribution in [2.24, 2.45) is 5.92 Å². The van der Waals surface area contributed by atoms with Crippen LogP contribution in [0, 0.1) is 12.8 Å². The second-order valence-electron chi connectivity index (χ2n) is 7.66. The van der Waals surface area contributed by atoms with Crippen LogP contribution in [0.1, 0.15) is 24.8 Å². The molecule has 1 heterocycles. The van der Waals surface area contributed by atoms with E-state index in [-0.39, 0.29) is 12.0 Å². The summed E-state index contributed by atoms with van der Waals surface area (Å²) >= 11 is 0. The number of piperazine rings is 1. The summed E-state index contributed by atoms with van der Waals surface area (Å²) in [5, 5.41) is 9.95. The van der Waals surface area contributed by atoms with Gasteiger partial charge in [0.05, 0.1) is 12.6 Å². The number of aliphatic hydroxyl groups excluding tert-OH is 1. The highest BCUT2D eigenvalue weighted by atomic mass is 16.3. The van der Waals surface area contributed by atoms with Crippen molar-refractivity contribution in [3.05, 3.63) is 29.8 Å². The number of benzene rings is 1. The van der Waals surface area contributed by atoms with Crippen LogP contribution in [0.3, 0.4) is 0 Å². The summed E-state index contributed by atoms with van der Waals surface area (Å²) in [6, 6.07) is 8.55. The average molecular weight is 345 g/mol. The lowest BCUT2D eigenvalue weighted by molar-refractivity contribution is -0.132. The number of hydrogen-bond donors (Lipinski definition) is 1. The quantitative estimate of drug-likeness (QED) is 0.883. The minimum Gasteiger partial charge on any atom is -0.393 e. The van der Waals surface area contributed by atoms with Gasteiger partial charge in [-0.15, -0.1) is 0 Å². The Hall–Kier alpha value is -1.59. The predicted octanol–water partition coefficient (Wildman–Crippen LogP) is 1.74. The molecule has 2 unspecified atom stereocenters. The van der Waals surface area contributed by atoms with E-state index in [0.29, 0.717) is 12.5 Å². The van der Waals surface area contributed by atoms with E-state index in [4.69, 9.17) is 0 Å². The molecule has 5 nitrogen and oxygen atoms in total. The number of hydrogen-bond acceptors (Lipinski definition) is 4. The maximum absolute atomic E-state index is 12.6. The molecule has 0 spiro atoms. The Morgan fingerprint density at radius 3 is 2.64 bits per heavy atom. The molecule has 1 saturated carbocycles. The van der Waals surface area contributed by atoms with E-state index in [1.807, 2.05) is 11.9 Å². The Morgan fingerprint density at radius 2 is 2.00 bits per heavy atom. The first-order chi connectivity index (χ1) is 12.0. The standard InChI is InChI=1S/C20H31N3O2/c1-16-5-3-7-18(13-16)22-9-11-23(12-10-22)20(25)15-21(2)14-17-6-4-8-19(17)24/h3,5,7,13,17,19,24H,4,6,8-12,14-15H2,1-2H3. The molecule has 0 bridgehead atoms. The highest BCUT2D eigenvalue weighted by Gasteiger charge is 2.28. The van der Waals surface area contributed by atoms with Crippen LogP contribution in [0.4, 0.5) is 5.69 Å². The minimum atomic E-state index is -0.185. The van der Waals surface area contributed by atoms with Crippen molar-refractivity contribution in [2.75, 3.05) is 51.2 Å². The minimum absolute atomic E-state index is 0.185. The Labute approximate surface area is 151 Å². The van der Waals surface area contributed by atoms with Gasteiger partial charge in [-0.05, 0) is 50.4 Å². The van der Waals surface area contributed by atoms with Crippen molar-refractivity contribution < 1.29 is 9.90 Å². The summed E-state index contributed by atoms with van der Waals surface area (Å²) in [5.41, 5.74) is 2.52.